The summed E-state index contributed by atoms with van der Waals surface area (Å²) in [5, 5.41) is 1.09. The molecule has 0 spiro atoms. The van der Waals surface area contributed by atoms with E-state index in [-0.39, 0.29) is 5.41 Å². The Morgan fingerprint density at radius 1 is 1.14 bits per heavy atom. The standard InChI is InChI=1S/C13H19Br/c1-13(2,3)12-9-5-4-7-11(12)8-6-10-14/h4-5,7,9H,6,8,10H2,1-3H3. The van der Waals surface area contributed by atoms with Gasteiger partial charge in [0.15, 0.2) is 0 Å². The fourth-order valence-corrected chi connectivity index (χ4v) is 2.01. The highest BCUT2D eigenvalue weighted by Gasteiger charge is 2.16. The van der Waals surface area contributed by atoms with Gasteiger partial charge in [0.05, 0.1) is 0 Å². The van der Waals surface area contributed by atoms with Crippen LogP contribution in [0.25, 0.3) is 0 Å². The Morgan fingerprint density at radius 2 is 1.79 bits per heavy atom. The van der Waals surface area contributed by atoms with Gasteiger partial charge in [0.1, 0.15) is 0 Å². The predicted octanol–water partition coefficient (Wildman–Crippen LogP) is 4.31. The molecular weight excluding hydrogens is 236 g/mol. The molecular formula is C13H19Br. The van der Waals surface area contributed by atoms with E-state index in [1.54, 1.807) is 0 Å². The van der Waals surface area contributed by atoms with Crippen LogP contribution in [-0.2, 0) is 11.8 Å². The van der Waals surface area contributed by atoms with Crippen LogP contribution >= 0.6 is 15.9 Å². The van der Waals surface area contributed by atoms with Gasteiger partial charge in [-0.2, -0.15) is 0 Å². The van der Waals surface area contributed by atoms with E-state index >= 15 is 0 Å². The average Bonchev–Trinajstić information content (AvgIpc) is 2.14. The van der Waals surface area contributed by atoms with Crippen molar-refractivity contribution in [3.63, 3.8) is 0 Å². The first kappa shape index (κ1) is 11.8. The Balaban J connectivity index is 2.92. The maximum absolute atomic E-state index is 3.48. The first-order valence-corrected chi connectivity index (χ1v) is 6.32. The smallest absolute Gasteiger partial charge is 0.00344 e. The van der Waals surface area contributed by atoms with Crippen molar-refractivity contribution in [3.05, 3.63) is 35.4 Å². The molecule has 0 aromatic heterocycles. The summed E-state index contributed by atoms with van der Waals surface area (Å²) < 4.78 is 0. The lowest BCUT2D eigenvalue weighted by molar-refractivity contribution is 0.581. The first-order valence-electron chi connectivity index (χ1n) is 5.20. The van der Waals surface area contributed by atoms with E-state index in [2.05, 4.69) is 61.0 Å². The lowest BCUT2D eigenvalue weighted by atomic mass is 9.83. The molecule has 0 N–H and O–H groups in total. The number of rotatable bonds is 3. The number of alkyl halides is 1. The van der Waals surface area contributed by atoms with Gasteiger partial charge in [-0.3, -0.25) is 0 Å². The molecule has 0 aliphatic carbocycles. The third-order valence-electron chi connectivity index (χ3n) is 2.41. The Morgan fingerprint density at radius 3 is 2.36 bits per heavy atom. The van der Waals surface area contributed by atoms with Crippen molar-refractivity contribution in [1.29, 1.82) is 0 Å². The highest BCUT2D eigenvalue weighted by molar-refractivity contribution is 9.09. The summed E-state index contributed by atoms with van der Waals surface area (Å²) in [5.41, 5.74) is 3.25. The third-order valence-corrected chi connectivity index (χ3v) is 2.97. The molecule has 1 heteroatoms. The second-order valence-corrected chi connectivity index (χ2v) is 5.49. The fraction of sp³-hybridized carbons (Fsp3) is 0.538. The van der Waals surface area contributed by atoms with E-state index < -0.39 is 0 Å². The van der Waals surface area contributed by atoms with Crippen molar-refractivity contribution in [2.24, 2.45) is 0 Å². The van der Waals surface area contributed by atoms with Crippen LogP contribution in [0.3, 0.4) is 0 Å². The molecule has 0 aliphatic heterocycles. The minimum absolute atomic E-state index is 0.267. The molecule has 0 radical (unpaired) electrons. The fourth-order valence-electron chi connectivity index (χ4n) is 1.73. The number of aryl methyl sites for hydroxylation is 1. The highest BCUT2D eigenvalue weighted by atomic mass is 79.9. The Labute approximate surface area is 95.9 Å². The molecule has 78 valence electrons. The number of hydrogen-bond donors (Lipinski definition) is 0. The SMILES string of the molecule is CC(C)(C)c1ccccc1CCCBr. The summed E-state index contributed by atoms with van der Waals surface area (Å²) in [6.45, 7) is 6.83. The van der Waals surface area contributed by atoms with Crippen molar-refractivity contribution in [2.45, 2.75) is 39.0 Å². The van der Waals surface area contributed by atoms with Crippen LogP contribution in [-0.4, -0.2) is 5.33 Å². The lowest BCUT2D eigenvalue weighted by Crippen LogP contribution is -2.14. The van der Waals surface area contributed by atoms with Gasteiger partial charge in [-0.15, -0.1) is 0 Å². The normalized spacial score (nSPS) is 11.7. The maximum Gasteiger partial charge on any atom is 0.00344 e. The molecule has 1 rings (SSSR count). The molecule has 0 nitrogen and oxygen atoms in total. The molecule has 0 fully saturated rings. The monoisotopic (exact) mass is 254 g/mol. The van der Waals surface area contributed by atoms with Gasteiger partial charge in [-0.25, -0.2) is 0 Å². The van der Waals surface area contributed by atoms with Crippen molar-refractivity contribution in [1.82, 2.24) is 0 Å². The molecule has 0 bridgehead atoms. The maximum atomic E-state index is 3.48. The molecule has 0 heterocycles. The summed E-state index contributed by atoms with van der Waals surface area (Å²) in [7, 11) is 0. The summed E-state index contributed by atoms with van der Waals surface area (Å²) in [4.78, 5) is 0. The van der Waals surface area contributed by atoms with E-state index in [0.717, 1.165) is 5.33 Å². The zero-order chi connectivity index (χ0) is 10.6. The lowest BCUT2D eigenvalue weighted by Gasteiger charge is -2.22. The molecule has 14 heavy (non-hydrogen) atoms. The Kier molecular flexibility index (Phi) is 4.18. The van der Waals surface area contributed by atoms with Gasteiger partial charge >= 0.3 is 0 Å². The number of benzene rings is 1. The van der Waals surface area contributed by atoms with Crippen LogP contribution in [0.15, 0.2) is 24.3 Å². The van der Waals surface area contributed by atoms with Gasteiger partial charge in [-0.1, -0.05) is 61.0 Å². The van der Waals surface area contributed by atoms with Crippen molar-refractivity contribution in [2.75, 3.05) is 5.33 Å². The Hall–Kier alpha value is -0.300. The van der Waals surface area contributed by atoms with Crippen LogP contribution in [0.1, 0.15) is 38.3 Å². The second kappa shape index (κ2) is 4.97. The number of halogens is 1. The molecule has 0 aliphatic rings. The molecule has 0 unspecified atom stereocenters. The summed E-state index contributed by atoms with van der Waals surface area (Å²) >= 11 is 3.48. The van der Waals surface area contributed by atoms with Gasteiger partial charge in [-0.05, 0) is 29.4 Å². The van der Waals surface area contributed by atoms with Crippen LogP contribution in [0.2, 0.25) is 0 Å². The first-order chi connectivity index (χ1) is 6.55. The van der Waals surface area contributed by atoms with Gasteiger partial charge in [0.25, 0.3) is 0 Å². The highest BCUT2D eigenvalue weighted by Crippen LogP contribution is 2.26. The van der Waals surface area contributed by atoms with Crippen molar-refractivity contribution >= 4 is 15.9 Å². The topological polar surface area (TPSA) is 0 Å². The minimum atomic E-state index is 0.267. The van der Waals surface area contributed by atoms with Crippen molar-refractivity contribution in [3.8, 4) is 0 Å². The average molecular weight is 255 g/mol. The largest absolute Gasteiger partial charge is 0.0928 e. The summed E-state index contributed by atoms with van der Waals surface area (Å²) in [5.74, 6) is 0. The van der Waals surface area contributed by atoms with Gasteiger partial charge in [0.2, 0.25) is 0 Å². The van der Waals surface area contributed by atoms with E-state index in [9.17, 15) is 0 Å². The zero-order valence-corrected chi connectivity index (χ0v) is 10.9. The minimum Gasteiger partial charge on any atom is -0.0928 e. The number of hydrogen-bond acceptors (Lipinski definition) is 0. The molecule has 0 saturated heterocycles. The zero-order valence-electron chi connectivity index (χ0n) is 9.31. The van der Waals surface area contributed by atoms with Gasteiger partial charge < -0.3 is 0 Å². The summed E-state index contributed by atoms with van der Waals surface area (Å²) in [6.07, 6.45) is 2.39. The molecule has 0 atom stereocenters. The molecule has 0 saturated carbocycles. The van der Waals surface area contributed by atoms with Crippen LogP contribution in [0.5, 0.6) is 0 Å². The van der Waals surface area contributed by atoms with E-state index in [1.807, 2.05) is 0 Å². The third kappa shape index (κ3) is 3.13. The Bertz CT molecular complexity index is 284. The van der Waals surface area contributed by atoms with E-state index in [0.29, 0.717) is 0 Å². The van der Waals surface area contributed by atoms with E-state index in [4.69, 9.17) is 0 Å². The van der Waals surface area contributed by atoms with Crippen LogP contribution in [0, 0.1) is 0 Å². The second-order valence-electron chi connectivity index (χ2n) is 4.70. The quantitative estimate of drug-likeness (QED) is 0.706. The van der Waals surface area contributed by atoms with Crippen LogP contribution < -0.4 is 0 Å². The van der Waals surface area contributed by atoms with Gasteiger partial charge in [0, 0.05) is 5.33 Å². The van der Waals surface area contributed by atoms with Crippen LogP contribution in [0.4, 0.5) is 0 Å². The van der Waals surface area contributed by atoms with Crippen molar-refractivity contribution < 1.29 is 0 Å². The molecule has 1 aromatic carbocycles. The molecule has 0 amide bonds. The molecule has 1 aromatic rings. The van der Waals surface area contributed by atoms with E-state index in [1.165, 1.54) is 24.0 Å². The summed E-state index contributed by atoms with van der Waals surface area (Å²) in [6, 6.07) is 8.78. The predicted molar refractivity (Wildman–Crippen MR) is 67.3 cm³/mol.